The second-order valence-electron chi connectivity index (χ2n) is 11.3. The van der Waals surface area contributed by atoms with Gasteiger partial charge in [0.15, 0.2) is 0 Å². The number of aliphatic carboxylic acids is 2. The van der Waals surface area contributed by atoms with E-state index in [4.69, 9.17) is 15.9 Å². The third-order valence-corrected chi connectivity index (χ3v) is 11.4. The van der Waals surface area contributed by atoms with Crippen molar-refractivity contribution in [1.29, 1.82) is 0 Å². The zero-order chi connectivity index (χ0) is 26.0. The van der Waals surface area contributed by atoms with Crippen LogP contribution in [0.5, 0.6) is 0 Å². The fourth-order valence-corrected chi connectivity index (χ4v) is 9.33. The van der Waals surface area contributed by atoms with Crippen LogP contribution in [0.15, 0.2) is 24.3 Å². The number of carboxylic acids is 2. The Balaban J connectivity index is 0.000000371. The van der Waals surface area contributed by atoms with Crippen molar-refractivity contribution in [2.45, 2.75) is 76.9 Å². The van der Waals surface area contributed by atoms with Gasteiger partial charge in [-0.25, -0.2) is 9.59 Å². The Labute approximate surface area is 211 Å². The summed E-state index contributed by atoms with van der Waals surface area (Å²) in [5, 5.41) is 15.9. The van der Waals surface area contributed by atoms with Crippen molar-refractivity contribution in [3.05, 3.63) is 24.3 Å². The molecule has 0 amide bonds. The highest BCUT2D eigenvalue weighted by Crippen LogP contribution is 2.66. The average Bonchev–Trinajstić information content (AvgIpc) is 3.11. The third-order valence-electron chi connectivity index (χ3n) is 9.57. The lowest BCUT2D eigenvalue weighted by molar-refractivity contribution is -0.135. The molecule has 0 spiro atoms. The number of nitrogens with two attached hydrogens (primary N) is 1. The Morgan fingerprint density at radius 2 is 1.77 bits per heavy atom. The van der Waals surface area contributed by atoms with Gasteiger partial charge in [0, 0.05) is 45.8 Å². The van der Waals surface area contributed by atoms with Crippen LogP contribution in [0.1, 0.15) is 71.6 Å². The van der Waals surface area contributed by atoms with E-state index in [0.29, 0.717) is 52.9 Å². The Kier molecular flexibility index (Phi) is 8.79. The van der Waals surface area contributed by atoms with E-state index in [1.165, 1.54) is 18.4 Å². The zero-order valence-corrected chi connectivity index (χ0v) is 21.9. The minimum atomic E-state index is -1.26. The van der Waals surface area contributed by atoms with E-state index in [1.807, 2.05) is 0 Å². The summed E-state index contributed by atoms with van der Waals surface area (Å²) in [6, 6.07) is 0. The highest BCUT2D eigenvalue weighted by molar-refractivity contribution is 7.85. The smallest absolute Gasteiger partial charge is 0.328 e. The van der Waals surface area contributed by atoms with Gasteiger partial charge in [-0.15, -0.1) is 0 Å². The number of Topliss-reactive ketones (excluding diaryl/α,β-unsaturated/α-hetero) is 1. The minimum Gasteiger partial charge on any atom is -0.478 e. The Morgan fingerprint density at radius 1 is 1.11 bits per heavy atom. The first-order valence-electron chi connectivity index (χ1n) is 12.9. The Hall–Kier alpha value is -1.80. The van der Waals surface area contributed by atoms with Gasteiger partial charge in [0.25, 0.3) is 0 Å². The molecule has 0 heterocycles. The number of allylic oxidation sites excluding steroid dienone is 1. The van der Waals surface area contributed by atoms with Gasteiger partial charge in [0.1, 0.15) is 5.78 Å². The van der Waals surface area contributed by atoms with Crippen molar-refractivity contribution in [2.75, 3.05) is 12.3 Å². The first-order valence-corrected chi connectivity index (χ1v) is 14.2. The maximum atomic E-state index is 12.7. The third kappa shape index (κ3) is 5.63. The molecule has 7 nitrogen and oxygen atoms in total. The maximum absolute atomic E-state index is 12.7. The van der Waals surface area contributed by atoms with Crippen LogP contribution in [0.4, 0.5) is 0 Å². The molecular weight excluding hydrogens is 466 g/mol. The molecule has 196 valence electrons. The molecule has 4 rings (SSSR count). The van der Waals surface area contributed by atoms with Gasteiger partial charge in [0.2, 0.25) is 0 Å². The molecule has 0 aromatic rings. The number of carbonyl (C=O) groups excluding carboxylic acids is 1. The summed E-state index contributed by atoms with van der Waals surface area (Å²) >= 11 is 0. The van der Waals surface area contributed by atoms with E-state index in [0.717, 1.165) is 56.6 Å². The lowest BCUT2D eigenvalue weighted by atomic mass is 9.44. The summed E-state index contributed by atoms with van der Waals surface area (Å²) in [5.74, 6) is 1.20. The average molecular weight is 508 g/mol. The molecule has 4 fully saturated rings. The Bertz CT molecular complexity index is 899. The van der Waals surface area contributed by atoms with Gasteiger partial charge >= 0.3 is 11.9 Å². The molecule has 4 aliphatic carbocycles. The monoisotopic (exact) mass is 507 g/mol. The van der Waals surface area contributed by atoms with Crippen molar-refractivity contribution in [3.63, 3.8) is 0 Å². The number of hydrogen-bond donors (Lipinski definition) is 3. The van der Waals surface area contributed by atoms with Crippen molar-refractivity contribution < 1.29 is 28.8 Å². The summed E-state index contributed by atoms with van der Waals surface area (Å²) in [5.41, 5.74) is 7.24. The second kappa shape index (κ2) is 11.1. The lowest BCUT2D eigenvalue weighted by Crippen LogP contribution is -2.55. The van der Waals surface area contributed by atoms with Gasteiger partial charge in [-0.05, 0) is 87.0 Å². The van der Waals surface area contributed by atoms with Crippen molar-refractivity contribution in [2.24, 2.45) is 40.2 Å². The first-order chi connectivity index (χ1) is 16.4. The number of ketones is 1. The molecule has 0 aliphatic heterocycles. The van der Waals surface area contributed by atoms with E-state index in [1.54, 1.807) is 0 Å². The molecule has 0 aromatic heterocycles. The number of carbonyl (C=O) groups is 3. The van der Waals surface area contributed by atoms with Gasteiger partial charge in [-0.1, -0.05) is 26.0 Å². The summed E-state index contributed by atoms with van der Waals surface area (Å²) in [6.45, 7) is 9.92. The lowest BCUT2D eigenvalue weighted by Gasteiger charge is -2.60. The van der Waals surface area contributed by atoms with Crippen LogP contribution in [0.25, 0.3) is 0 Å². The highest BCUT2D eigenvalue weighted by Gasteiger charge is 2.61. The van der Waals surface area contributed by atoms with E-state index >= 15 is 0 Å². The molecule has 4 aliphatic rings. The fourth-order valence-electron chi connectivity index (χ4n) is 7.75. The second-order valence-corrected chi connectivity index (χ2v) is 13.2. The van der Waals surface area contributed by atoms with Gasteiger partial charge < -0.3 is 15.9 Å². The number of hydrogen-bond acceptors (Lipinski definition) is 5. The van der Waals surface area contributed by atoms with E-state index < -0.39 is 22.7 Å². The van der Waals surface area contributed by atoms with Crippen molar-refractivity contribution in [1.82, 2.24) is 0 Å². The molecule has 4 N–H and O–H groups in total. The molecular formula is C27H41NO6S. The summed E-state index contributed by atoms with van der Waals surface area (Å²) in [7, 11) is -0.746. The van der Waals surface area contributed by atoms with Gasteiger partial charge in [-0.2, -0.15) is 0 Å². The summed E-state index contributed by atoms with van der Waals surface area (Å²) in [4.78, 5) is 31.7. The molecule has 0 aromatic carbocycles. The van der Waals surface area contributed by atoms with Crippen molar-refractivity contribution in [3.8, 4) is 0 Å². The molecule has 8 atom stereocenters. The molecule has 8 heteroatoms. The topological polar surface area (TPSA) is 135 Å². The minimum absolute atomic E-state index is 0.0639. The number of carboxylic acid groups (broad SMARTS) is 2. The maximum Gasteiger partial charge on any atom is 0.328 e. The van der Waals surface area contributed by atoms with E-state index in [-0.39, 0.29) is 5.41 Å². The largest absolute Gasteiger partial charge is 0.478 e. The summed E-state index contributed by atoms with van der Waals surface area (Å²) in [6.07, 6.45) is 10.6. The van der Waals surface area contributed by atoms with E-state index in [9.17, 15) is 18.6 Å². The molecule has 4 saturated carbocycles. The number of fused-ring (bicyclic) bond motifs is 5. The standard InChI is InChI=1S/C23H37NO2S.C4H4O4/c1-15-13-17-18-5-6-21(25)23(18,3)10-8-19(17)22(2)9-7-16(14-20(15)22)27(26)12-4-11-24;5-3(6)1-2-4(7)8/h16-20H,1,4-14,24H2,2-3H3;1-2H,(H,5,6)(H,7,8)/b;2-1+/t16-,17+,18+,19+,20?,22-,23+,27?;/m1./s1. The van der Waals surface area contributed by atoms with Crippen molar-refractivity contribution >= 4 is 28.5 Å². The Morgan fingerprint density at radius 3 is 2.37 bits per heavy atom. The molecule has 0 bridgehead atoms. The fraction of sp³-hybridized carbons (Fsp3) is 0.741. The molecule has 0 saturated heterocycles. The molecule has 2 unspecified atom stereocenters. The molecule has 0 radical (unpaired) electrons. The number of rotatable bonds is 6. The van der Waals surface area contributed by atoms with E-state index in [2.05, 4.69) is 20.4 Å². The van der Waals surface area contributed by atoms with Crippen LogP contribution in [0.3, 0.4) is 0 Å². The normalized spacial score (nSPS) is 39.1. The first kappa shape index (κ1) is 27.8. The molecule has 35 heavy (non-hydrogen) atoms. The van der Waals surface area contributed by atoms with Crippen LogP contribution in [-0.2, 0) is 25.2 Å². The SMILES string of the molecule is C=C1C[C@@H]2[C@H](CC[C@]3(C)C(=O)CC[C@@H]23)[C@@]2(C)CC[C@@H](S(=O)CCCN)CC12.O=C(O)/C=C/C(=O)O. The van der Waals surface area contributed by atoms with Crippen LogP contribution in [0, 0.1) is 34.5 Å². The van der Waals surface area contributed by atoms with Crippen LogP contribution in [0.2, 0.25) is 0 Å². The van der Waals surface area contributed by atoms with Crippen LogP contribution < -0.4 is 5.73 Å². The van der Waals surface area contributed by atoms with Crippen LogP contribution >= 0.6 is 0 Å². The quantitative estimate of drug-likeness (QED) is 0.366. The van der Waals surface area contributed by atoms with Crippen LogP contribution in [-0.4, -0.2) is 49.7 Å². The zero-order valence-electron chi connectivity index (χ0n) is 21.0. The van der Waals surface area contributed by atoms with Gasteiger partial charge in [-0.3, -0.25) is 9.00 Å². The predicted octanol–water partition coefficient (Wildman–Crippen LogP) is 3.94. The van der Waals surface area contributed by atoms with Gasteiger partial charge in [0.05, 0.1) is 0 Å². The highest BCUT2D eigenvalue weighted by atomic mass is 32.2. The summed E-state index contributed by atoms with van der Waals surface area (Å²) < 4.78 is 12.7. The predicted molar refractivity (Wildman–Crippen MR) is 136 cm³/mol.